The van der Waals surface area contributed by atoms with Gasteiger partial charge in [0.15, 0.2) is 0 Å². The summed E-state index contributed by atoms with van der Waals surface area (Å²) in [5.74, 6) is 0. The summed E-state index contributed by atoms with van der Waals surface area (Å²) >= 11 is 0. The van der Waals surface area contributed by atoms with Crippen LogP contribution in [0.15, 0.2) is 24.3 Å². The summed E-state index contributed by atoms with van der Waals surface area (Å²) in [5, 5.41) is 9.21. The molecule has 6 nitrogen and oxygen atoms in total. The minimum Gasteiger partial charge on any atom is -0.465 e. The van der Waals surface area contributed by atoms with Gasteiger partial charge in [-0.25, -0.2) is 4.79 Å². The topological polar surface area (TPSA) is 62.2 Å². The number of fused-ring (bicyclic) bond motifs is 2. The smallest absolute Gasteiger partial charge is 0.465 e. The van der Waals surface area contributed by atoms with Gasteiger partial charge in [-0.05, 0) is 51.7 Å². The van der Waals surface area contributed by atoms with Gasteiger partial charge in [0.2, 0.25) is 0 Å². The van der Waals surface area contributed by atoms with Gasteiger partial charge in [-0.3, -0.25) is 0 Å². The zero-order chi connectivity index (χ0) is 18.0. The quantitative estimate of drug-likeness (QED) is 0.831. The van der Waals surface area contributed by atoms with Crippen molar-refractivity contribution in [3.63, 3.8) is 0 Å². The van der Waals surface area contributed by atoms with Crippen LogP contribution in [0.25, 0.3) is 0 Å². The summed E-state index contributed by atoms with van der Waals surface area (Å²) in [4.78, 5) is 15.1. The van der Waals surface area contributed by atoms with E-state index in [1.165, 1.54) is 0 Å². The third-order valence-electron chi connectivity index (χ3n) is 6.24. The number of anilines is 1. The molecule has 3 aliphatic heterocycles. The van der Waals surface area contributed by atoms with Gasteiger partial charge in [-0.2, -0.15) is 0 Å². The van der Waals surface area contributed by atoms with Crippen molar-refractivity contribution in [2.45, 2.75) is 57.4 Å². The fourth-order valence-corrected chi connectivity index (χ4v) is 4.02. The SMILES string of the molecule is CC1(C)OB(c2ccc(N3C[C@@H]4C[C@H]3CN4C(=O)O)cc2)OC1(C)C. The van der Waals surface area contributed by atoms with Gasteiger partial charge in [0.25, 0.3) is 0 Å². The van der Waals surface area contributed by atoms with Crippen LogP contribution in [0.1, 0.15) is 34.1 Å². The molecule has 0 unspecified atom stereocenters. The number of benzene rings is 1. The first-order valence-corrected chi connectivity index (χ1v) is 8.90. The first kappa shape index (κ1) is 16.7. The summed E-state index contributed by atoms with van der Waals surface area (Å²) < 4.78 is 12.2. The molecule has 0 radical (unpaired) electrons. The molecule has 0 spiro atoms. The Kier molecular flexibility index (Phi) is 3.60. The Bertz CT molecular complexity index is 675. The number of carboxylic acid groups (broad SMARTS) is 1. The van der Waals surface area contributed by atoms with Crippen LogP contribution in [-0.4, -0.2) is 59.6 Å². The molecule has 25 heavy (non-hydrogen) atoms. The first-order chi connectivity index (χ1) is 11.7. The summed E-state index contributed by atoms with van der Waals surface area (Å²) in [6.07, 6.45) is 0.119. The monoisotopic (exact) mass is 344 g/mol. The van der Waals surface area contributed by atoms with Crippen LogP contribution in [0.4, 0.5) is 10.5 Å². The van der Waals surface area contributed by atoms with Crippen LogP contribution in [-0.2, 0) is 9.31 Å². The van der Waals surface area contributed by atoms with E-state index >= 15 is 0 Å². The van der Waals surface area contributed by atoms with E-state index in [4.69, 9.17) is 9.31 Å². The van der Waals surface area contributed by atoms with Gasteiger partial charge in [0, 0.05) is 24.8 Å². The second kappa shape index (κ2) is 5.38. The largest absolute Gasteiger partial charge is 0.494 e. The van der Waals surface area contributed by atoms with Crippen LogP contribution in [0.3, 0.4) is 0 Å². The van der Waals surface area contributed by atoms with Crippen LogP contribution in [0, 0.1) is 0 Å². The molecule has 0 aromatic heterocycles. The summed E-state index contributed by atoms with van der Waals surface area (Å²) in [5.41, 5.74) is 1.46. The number of hydrogen-bond donors (Lipinski definition) is 1. The Labute approximate surface area is 148 Å². The zero-order valence-corrected chi connectivity index (χ0v) is 15.2. The molecule has 2 bridgehead atoms. The molecule has 1 N–H and O–H groups in total. The summed E-state index contributed by atoms with van der Waals surface area (Å²) in [6.45, 7) is 9.58. The number of hydrogen-bond acceptors (Lipinski definition) is 4. The maximum absolute atomic E-state index is 11.2. The van der Waals surface area contributed by atoms with E-state index in [-0.39, 0.29) is 30.4 Å². The van der Waals surface area contributed by atoms with Crippen molar-refractivity contribution >= 4 is 24.4 Å². The van der Waals surface area contributed by atoms with Gasteiger partial charge < -0.3 is 24.2 Å². The Morgan fingerprint density at radius 1 is 1.08 bits per heavy atom. The molecule has 1 aromatic rings. The normalized spacial score (nSPS) is 29.5. The molecule has 1 aromatic carbocycles. The average Bonchev–Trinajstić information content (AvgIpc) is 3.19. The lowest BCUT2D eigenvalue weighted by Gasteiger charge is -2.34. The third-order valence-corrected chi connectivity index (χ3v) is 6.24. The van der Waals surface area contributed by atoms with Crippen molar-refractivity contribution in [3.05, 3.63) is 24.3 Å². The van der Waals surface area contributed by atoms with Crippen LogP contribution < -0.4 is 10.4 Å². The number of amides is 1. The number of piperazine rings is 1. The molecule has 0 saturated carbocycles. The molecular weight excluding hydrogens is 319 g/mol. The average molecular weight is 344 g/mol. The standard InChI is InChI=1S/C18H25BN2O4/c1-17(2)18(3,4)25-19(24-17)12-5-7-13(8-6-12)20-10-15-9-14(20)11-21(15)16(22)23/h5-8,14-15H,9-11H2,1-4H3,(H,22,23)/t14-,15-/m0/s1. The molecule has 3 saturated heterocycles. The lowest BCUT2D eigenvalue weighted by atomic mass is 9.79. The van der Waals surface area contributed by atoms with Crippen molar-refractivity contribution in [1.29, 1.82) is 0 Å². The maximum atomic E-state index is 11.2. The van der Waals surface area contributed by atoms with Crippen molar-refractivity contribution in [2.75, 3.05) is 18.0 Å². The number of nitrogens with zero attached hydrogens (tertiary/aromatic N) is 2. The molecule has 3 fully saturated rings. The molecular formula is C18H25BN2O4. The fraction of sp³-hybridized carbons (Fsp3) is 0.611. The lowest BCUT2D eigenvalue weighted by molar-refractivity contribution is 0.00578. The summed E-state index contributed by atoms with van der Waals surface area (Å²) in [6, 6.07) is 8.68. The van der Waals surface area contributed by atoms with Crippen LogP contribution >= 0.6 is 0 Å². The van der Waals surface area contributed by atoms with E-state index in [1.54, 1.807) is 4.90 Å². The first-order valence-electron chi connectivity index (χ1n) is 8.90. The minimum atomic E-state index is -0.803. The van der Waals surface area contributed by atoms with Crippen molar-refractivity contribution in [1.82, 2.24) is 4.90 Å². The van der Waals surface area contributed by atoms with Gasteiger partial charge in [-0.1, -0.05) is 12.1 Å². The maximum Gasteiger partial charge on any atom is 0.494 e. The van der Waals surface area contributed by atoms with Crippen LogP contribution in [0.2, 0.25) is 0 Å². The number of likely N-dealkylation sites (tertiary alicyclic amines) is 1. The molecule has 1 amide bonds. The molecule has 3 aliphatic rings. The van der Waals surface area contributed by atoms with Crippen LogP contribution in [0.5, 0.6) is 0 Å². The second-order valence-electron chi connectivity index (χ2n) is 8.31. The van der Waals surface area contributed by atoms with Crippen molar-refractivity contribution in [3.8, 4) is 0 Å². The molecule has 7 heteroatoms. The predicted molar refractivity (Wildman–Crippen MR) is 96.4 cm³/mol. The van der Waals surface area contributed by atoms with E-state index < -0.39 is 6.09 Å². The Hall–Kier alpha value is -1.73. The number of rotatable bonds is 2. The van der Waals surface area contributed by atoms with E-state index in [1.807, 2.05) is 0 Å². The molecule has 2 atom stereocenters. The molecule has 0 aliphatic carbocycles. The van der Waals surface area contributed by atoms with Gasteiger partial charge in [-0.15, -0.1) is 0 Å². The Morgan fingerprint density at radius 2 is 1.68 bits per heavy atom. The third kappa shape index (κ3) is 2.61. The highest BCUT2D eigenvalue weighted by molar-refractivity contribution is 6.62. The van der Waals surface area contributed by atoms with Crippen molar-refractivity contribution < 1.29 is 19.2 Å². The second-order valence-corrected chi connectivity index (χ2v) is 8.31. The van der Waals surface area contributed by atoms with E-state index in [0.29, 0.717) is 6.54 Å². The zero-order valence-electron chi connectivity index (χ0n) is 15.2. The van der Waals surface area contributed by atoms with Gasteiger partial charge in [0.1, 0.15) is 0 Å². The highest BCUT2D eigenvalue weighted by Crippen LogP contribution is 2.37. The van der Waals surface area contributed by atoms with Crippen molar-refractivity contribution in [2.24, 2.45) is 0 Å². The lowest BCUT2D eigenvalue weighted by Crippen LogP contribution is -2.48. The van der Waals surface area contributed by atoms with E-state index in [2.05, 4.69) is 56.9 Å². The minimum absolute atomic E-state index is 0.116. The molecule has 4 rings (SSSR count). The highest BCUT2D eigenvalue weighted by Gasteiger charge is 2.51. The fourth-order valence-electron chi connectivity index (χ4n) is 4.02. The highest BCUT2D eigenvalue weighted by atomic mass is 16.7. The Morgan fingerprint density at radius 3 is 2.16 bits per heavy atom. The van der Waals surface area contributed by atoms with Gasteiger partial charge in [0.05, 0.1) is 17.2 Å². The van der Waals surface area contributed by atoms with E-state index in [9.17, 15) is 9.90 Å². The molecule has 134 valence electrons. The van der Waals surface area contributed by atoms with E-state index in [0.717, 1.165) is 24.1 Å². The molecule has 3 heterocycles. The Balaban J connectivity index is 1.47. The summed E-state index contributed by atoms with van der Waals surface area (Å²) in [7, 11) is -0.350. The predicted octanol–water partition coefficient (Wildman–Crippen LogP) is 1.93. The van der Waals surface area contributed by atoms with Gasteiger partial charge >= 0.3 is 13.2 Å². The number of carbonyl (C=O) groups is 1.